The number of benzene rings is 2. The van der Waals surface area contributed by atoms with Crippen molar-refractivity contribution in [2.45, 2.75) is 19.5 Å². The highest BCUT2D eigenvalue weighted by Gasteiger charge is 2.34. The number of likely N-dealkylation sites (N-methyl/N-ethyl adjacent to an activating group) is 1. The first-order chi connectivity index (χ1) is 15.2. The molecular weight excluding hydrogens is 390 g/mol. The minimum Gasteiger partial charge on any atom is -0.497 e. The fourth-order valence-electron chi connectivity index (χ4n) is 4.29. The van der Waals surface area contributed by atoms with Gasteiger partial charge in [-0.1, -0.05) is 24.3 Å². The molecule has 0 amide bonds. The number of aldehydes is 1. The molecule has 0 aromatic heterocycles. The van der Waals surface area contributed by atoms with Gasteiger partial charge in [0.15, 0.2) is 12.5 Å². The van der Waals surface area contributed by atoms with E-state index in [1.807, 2.05) is 54.4 Å². The van der Waals surface area contributed by atoms with E-state index in [0.29, 0.717) is 6.54 Å². The van der Waals surface area contributed by atoms with Gasteiger partial charge in [-0.05, 0) is 31.2 Å². The Bertz CT molecular complexity index is 896. The zero-order chi connectivity index (χ0) is 21.6. The molecule has 2 aromatic rings. The van der Waals surface area contributed by atoms with E-state index < -0.39 is 0 Å². The van der Waals surface area contributed by atoms with Crippen LogP contribution in [0.25, 0.3) is 0 Å². The minimum atomic E-state index is -0.368. The van der Waals surface area contributed by atoms with Crippen LogP contribution in [0.1, 0.15) is 13.3 Å². The normalized spacial score (nSPS) is 19.5. The Morgan fingerprint density at radius 2 is 1.77 bits per heavy atom. The number of piperazine rings is 1. The minimum absolute atomic E-state index is 0.368. The molecule has 164 valence electrons. The van der Waals surface area contributed by atoms with Gasteiger partial charge in [0, 0.05) is 63.1 Å². The third-order valence-electron chi connectivity index (χ3n) is 6.01. The number of rotatable bonds is 8. The SMILES string of the molecule is CCN1N=C(CCN2CCN(c3cccc(OC)c3)CC2)N(c2ccccc2)C1C=O. The average Bonchev–Trinajstić information content (AvgIpc) is 3.21. The second kappa shape index (κ2) is 9.83. The highest BCUT2D eigenvalue weighted by Crippen LogP contribution is 2.26. The Morgan fingerprint density at radius 3 is 2.45 bits per heavy atom. The van der Waals surface area contributed by atoms with Gasteiger partial charge >= 0.3 is 0 Å². The standard InChI is InChI=1S/C24H31N5O2/c1-3-28-24(19-30)29(20-8-5-4-6-9-20)23(25-28)12-13-26-14-16-27(17-15-26)21-10-7-11-22(18-21)31-2/h4-11,18-19,24H,3,12-17H2,1-2H3. The Morgan fingerprint density at radius 1 is 1.03 bits per heavy atom. The number of ether oxygens (including phenoxy) is 1. The molecule has 2 aliphatic heterocycles. The van der Waals surface area contributed by atoms with Crippen LogP contribution in [0.3, 0.4) is 0 Å². The van der Waals surface area contributed by atoms with Gasteiger partial charge in [-0.2, -0.15) is 5.10 Å². The van der Waals surface area contributed by atoms with Gasteiger partial charge < -0.3 is 9.64 Å². The summed E-state index contributed by atoms with van der Waals surface area (Å²) in [4.78, 5) is 18.8. The van der Waals surface area contributed by atoms with E-state index >= 15 is 0 Å². The summed E-state index contributed by atoms with van der Waals surface area (Å²) in [6, 6.07) is 18.3. The van der Waals surface area contributed by atoms with Gasteiger partial charge in [0.1, 0.15) is 11.6 Å². The smallest absolute Gasteiger partial charge is 0.179 e. The van der Waals surface area contributed by atoms with Crippen LogP contribution in [-0.4, -0.2) is 74.6 Å². The number of methoxy groups -OCH3 is 1. The van der Waals surface area contributed by atoms with E-state index in [2.05, 4.69) is 26.8 Å². The maximum Gasteiger partial charge on any atom is 0.179 e. The predicted molar refractivity (Wildman–Crippen MR) is 125 cm³/mol. The van der Waals surface area contributed by atoms with Crippen molar-refractivity contribution < 1.29 is 9.53 Å². The van der Waals surface area contributed by atoms with E-state index in [4.69, 9.17) is 9.84 Å². The summed E-state index contributed by atoms with van der Waals surface area (Å²) < 4.78 is 5.36. The van der Waals surface area contributed by atoms with E-state index in [-0.39, 0.29) is 6.17 Å². The molecule has 7 nitrogen and oxygen atoms in total. The summed E-state index contributed by atoms with van der Waals surface area (Å²) in [6.45, 7) is 7.64. The molecule has 1 fully saturated rings. The first kappa shape index (κ1) is 21.2. The maximum atomic E-state index is 11.8. The lowest BCUT2D eigenvalue weighted by molar-refractivity contribution is -0.111. The molecule has 0 bridgehead atoms. The summed E-state index contributed by atoms with van der Waals surface area (Å²) >= 11 is 0. The number of para-hydroxylation sites is 1. The summed E-state index contributed by atoms with van der Waals surface area (Å²) in [5.41, 5.74) is 2.22. The lowest BCUT2D eigenvalue weighted by Gasteiger charge is -2.36. The van der Waals surface area contributed by atoms with E-state index in [0.717, 1.165) is 62.7 Å². The molecule has 0 spiro atoms. The molecule has 1 unspecified atom stereocenters. The van der Waals surface area contributed by atoms with Crippen molar-refractivity contribution in [2.75, 3.05) is 56.2 Å². The van der Waals surface area contributed by atoms with Crippen molar-refractivity contribution >= 4 is 23.5 Å². The summed E-state index contributed by atoms with van der Waals surface area (Å²) in [7, 11) is 1.70. The highest BCUT2D eigenvalue weighted by molar-refractivity contribution is 6.02. The zero-order valence-corrected chi connectivity index (χ0v) is 18.4. The van der Waals surface area contributed by atoms with Crippen molar-refractivity contribution in [1.82, 2.24) is 9.91 Å². The highest BCUT2D eigenvalue weighted by atomic mass is 16.5. The third kappa shape index (κ3) is 4.66. The lowest BCUT2D eigenvalue weighted by atomic mass is 10.2. The summed E-state index contributed by atoms with van der Waals surface area (Å²) in [6.07, 6.45) is 1.43. The van der Waals surface area contributed by atoms with Gasteiger partial charge in [-0.15, -0.1) is 0 Å². The van der Waals surface area contributed by atoms with E-state index in [1.54, 1.807) is 7.11 Å². The molecule has 1 atom stereocenters. The van der Waals surface area contributed by atoms with Crippen LogP contribution < -0.4 is 14.5 Å². The van der Waals surface area contributed by atoms with Gasteiger partial charge in [-0.3, -0.25) is 19.6 Å². The van der Waals surface area contributed by atoms with Gasteiger partial charge in [-0.25, -0.2) is 0 Å². The third-order valence-corrected chi connectivity index (χ3v) is 6.01. The molecule has 2 aliphatic rings. The molecule has 31 heavy (non-hydrogen) atoms. The van der Waals surface area contributed by atoms with Crippen molar-refractivity contribution in [3.8, 4) is 5.75 Å². The van der Waals surface area contributed by atoms with Crippen LogP contribution in [0, 0.1) is 0 Å². The number of anilines is 2. The number of nitrogens with zero attached hydrogens (tertiary/aromatic N) is 5. The predicted octanol–water partition coefficient (Wildman–Crippen LogP) is 2.89. The van der Waals surface area contributed by atoms with Gasteiger partial charge in [0.05, 0.1) is 7.11 Å². The fourth-order valence-corrected chi connectivity index (χ4v) is 4.29. The molecule has 4 rings (SSSR count). The average molecular weight is 422 g/mol. The first-order valence-corrected chi connectivity index (χ1v) is 11.0. The Balaban J connectivity index is 1.37. The molecule has 2 aromatic carbocycles. The van der Waals surface area contributed by atoms with Crippen LogP contribution >= 0.6 is 0 Å². The number of hydrazone groups is 1. The second-order valence-electron chi connectivity index (χ2n) is 7.81. The van der Waals surface area contributed by atoms with Crippen LogP contribution in [0.5, 0.6) is 5.75 Å². The van der Waals surface area contributed by atoms with Crippen LogP contribution in [0.4, 0.5) is 11.4 Å². The summed E-state index contributed by atoms with van der Waals surface area (Å²) in [5.74, 6) is 1.85. The van der Waals surface area contributed by atoms with Crippen molar-refractivity contribution in [3.63, 3.8) is 0 Å². The number of amidine groups is 1. The topological polar surface area (TPSA) is 51.6 Å². The van der Waals surface area contributed by atoms with E-state index in [9.17, 15) is 4.79 Å². The van der Waals surface area contributed by atoms with Crippen molar-refractivity contribution in [2.24, 2.45) is 5.10 Å². The molecule has 0 aliphatic carbocycles. The largest absolute Gasteiger partial charge is 0.497 e. The van der Waals surface area contributed by atoms with Gasteiger partial charge in [0.2, 0.25) is 0 Å². The quantitative estimate of drug-likeness (QED) is 0.611. The number of carbonyl (C=O) groups is 1. The Hall–Kier alpha value is -3.06. The number of hydrogen-bond donors (Lipinski definition) is 0. The lowest BCUT2D eigenvalue weighted by Crippen LogP contribution is -2.48. The number of carbonyl (C=O) groups excluding carboxylic acids is 1. The fraction of sp³-hybridized carbons (Fsp3) is 0.417. The van der Waals surface area contributed by atoms with Crippen LogP contribution in [0.2, 0.25) is 0 Å². The molecule has 1 saturated heterocycles. The van der Waals surface area contributed by atoms with Crippen molar-refractivity contribution in [3.05, 3.63) is 54.6 Å². The Labute approximate surface area is 184 Å². The first-order valence-electron chi connectivity index (χ1n) is 11.0. The zero-order valence-electron chi connectivity index (χ0n) is 18.4. The molecule has 0 saturated carbocycles. The van der Waals surface area contributed by atoms with Crippen molar-refractivity contribution in [1.29, 1.82) is 0 Å². The number of hydrogen-bond acceptors (Lipinski definition) is 7. The maximum absolute atomic E-state index is 11.8. The van der Waals surface area contributed by atoms with Crippen LogP contribution in [-0.2, 0) is 4.79 Å². The van der Waals surface area contributed by atoms with Gasteiger partial charge in [0.25, 0.3) is 0 Å². The molecule has 0 radical (unpaired) electrons. The molecule has 2 heterocycles. The van der Waals surface area contributed by atoms with E-state index in [1.165, 1.54) is 5.69 Å². The molecule has 0 N–H and O–H groups in total. The van der Waals surface area contributed by atoms with Crippen LogP contribution in [0.15, 0.2) is 59.7 Å². The second-order valence-corrected chi connectivity index (χ2v) is 7.81. The molecular formula is C24H31N5O2. The molecule has 7 heteroatoms. The summed E-state index contributed by atoms with van der Waals surface area (Å²) in [5, 5.41) is 6.65. The Kier molecular flexibility index (Phi) is 6.72. The monoisotopic (exact) mass is 421 g/mol.